The van der Waals surface area contributed by atoms with Crippen molar-refractivity contribution in [2.45, 2.75) is 63.9 Å². The van der Waals surface area contributed by atoms with E-state index in [4.69, 9.17) is 35.7 Å². The molecule has 9 nitrogen and oxygen atoms in total. The van der Waals surface area contributed by atoms with Crippen molar-refractivity contribution >= 4 is 29.4 Å². The number of alkyl halides is 2. The van der Waals surface area contributed by atoms with Gasteiger partial charge in [0, 0.05) is 23.9 Å². The van der Waals surface area contributed by atoms with Crippen LogP contribution in [0.2, 0.25) is 0 Å². The second-order valence-corrected chi connectivity index (χ2v) is 10.8. The van der Waals surface area contributed by atoms with E-state index in [1.54, 1.807) is 18.2 Å². The molecule has 0 bridgehead atoms. The lowest BCUT2D eigenvalue weighted by Crippen LogP contribution is -2.21. The van der Waals surface area contributed by atoms with Gasteiger partial charge in [0.25, 0.3) is 0 Å². The summed E-state index contributed by atoms with van der Waals surface area (Å²) >= 11 is 0. The average Bonchev–Trinajstić information content (AvgIpc) is 3.04. The Morgan fingerprint density at radius 3 is 1.96 bits per heavy atom. The van der Waals surface area contributed by atoms with Gasteiger partial charge >= 0.3 is 18.0 Å². The quantitative estimate of drug-likeness (QED) is 0.0541. The Morgan fingerprint density at radius 2 is 1.32 bits per heavy atom. The van der Waals surface area contributed by atoms with E-state index < -0.39 is 18.0 Å². The number of nitrogens with zero attached hydrogens (tertiary/aromatic N) is 1. The standard InChI is InChI=1S/C36H41F2N3O6/c37-36(38,29-13-17-32(18-14-29)44-21-7-3-1-2-6-20-39)47-33-15-10-27(11-16-33)12-19-34(42)45-22-8-4-5-9-23-46-35(43)28-24-30(40)26-31(41)25-28/h10-19,24-26H,1-9,21-23,40-41H2. The third kappa shape index (κ3) is 13.8. The Bertz CT molecular complexity index is 1470. The van der Waals surface area contributed by atoms with Gasteiger partial charge in [0.05, 0.1) is 37.0 Å². The topological polar surface area (TPSA) is 147 Å². The molecule has 0 saturated heterocycles. The lowest BCUT2D eigenvalue weighted by molar-refractivity contribution is -0.185. The summed E-state index contributed by atoms with van der Waals surface area (Å²) in [6.45, 7) is 0.973. The minimum atomic E-state index is -3.56. The molecule has 0 amide bonds. The maximum absolute atomic E-state index is 14.7. The molecule has 0 unspecified atom stereocenters. The Kier molecular flexibility index (Phi) is 15.0. The van der Waals surface area contributed by atoms with Gasteiger partial charge in [0.2, 0.25) is 0 Å². The van der Waals surface area contributed by atoms with Crippen LogP contribution in [0, 0.1) is 11.3 Å². The third-order valence-corrected chi connectivity index (χ3v) is 6.91. The number of esters is 2. The number of ether oxygens (including phenoxy) is 4. The highest BCUT2D eigenvalue weighted by Crippen LogP contribution is 2.32. The number of nitriles is 1. The van der Waals surface area contributed by atoms with Crippen molar-refractivity contribution in [2.24, 2.45) is 0 Å². The third-order valence-electron chi connectivity index (χ3n) is 6.91. The Hall–Kier alpha value is -5.11. The molecule has 47 heavy (non-hydrogen) atoms. The molecule has 0 fully saturated rings. The fourth-order valence-electron chi connectivity index (χ4n) is 4.43. The van der Waals surface area contributed by atoms with Gasteiger partial charge in [0.15, 0.2) is 0 Å². The minimum Gasteiger partial charge on any atom is -0.494 e. The van der Waals surface area contributed by atoms with Crippen LogP contribution in [0.4, 0.5) is 20.2 Å². The highest BCUT2D eigenvalue weighted by Gasteiger charge is 2.34. The Balaban J connectivity index is 1.29. The van der Waals surface area contributed by atoms with E-state index in [-0.39, 0.29) is 24.5 Å². The number of rotatable bonds is 20. The highest BCUT2D eigenvalue weighted by molar-refractivity contribution is 5.91. The molecule has 0 aliphatic heterocycles. The van der Waals surface area contributed by atoms with Crippen LogP contribution in [0.5, 0.6) is 11.5 Å². The van der Waals surface area contributed by atoms with Gasteiger partial charge in [0.1, 0.15) is 11.5 Å². The number of nitrogens with two attached hydrogens (primary N) is 2. The molecular weight excluding hydrogens is 608 g/mol. The van der Waals surface area contributed by atoms with E-state index >= 15 is 0 Å². The summed E-state index contributed by atoms with van der Waals surface area (Å²) in [6.07, 6.45) is 6.28. The molecule has 3 rings (SSSR count). The largest absolute Gasteiger partial charge is 0.494 e. The molecule has 0 atom stereocenters. The van der Waals surface area contributed by atoms with Gasteiger partial charge in [-0.15, -0.1) is 0 Å². The normalized spacial score (nSPS) is 11.2. The maximum Gasteiger partial charge on any atom is 0.426 e. The van der Waals surface area contributed by atoms with E-state index in [0.29, 0.717) is 54.1 Å². The van der Waals surface area contributed by atoms with E-state index in [0.717, 1.165) is 38.5 Å². The Labute approximate surface area is 274 Å². The number of unbranched alkanes of at least 4 members (excludes halogenated alkanes) is 7. The summed E-state index contributed by atoms with van der Waals surface area (Å²) in [7, 11) is 0. The van der Waals surface area contributed by atoms with E-state index in [2.05, 4.69) is 6.07 Å². The lowest BCUT2D eigenvalue weighted by atomic mass is 10.1. The Morgan fingerprint density at radius 1 is 0.745 bits per heavy atom. The molecular formula is C36H41F2N3O6. The number of benzene rings is 3. The summed E-state index contributed by atoms with van der Waals surface area (Å²) in [4.78, 5) is 24.1. The summed E-state index contributed by atoms with van der Waals surface area (Å²) in [5, 5.41) is 8.55. The van der Waals surface area contributed by atoms with Crippen LogP contribution in [0.3, 0.4) is 0 Å². The van der Waals surface area contributed by atoms with Crippen molar-refractivity contribution in [1.82, 2.24) is 0 Å². The van der Waals surface area contributed by atoms with Gasteiger partial charge in [-0.25, -0.2) is 9.59 Å². The average molecular weight is 650 g/mol. The number of carbonyl (C=O) groups excluding carboxylic acids is 2. The first kappa shape index (κ1) is 36.4. The lowest BCUT2D eigenvalue weighted by Gasteiger charge is -2.18. The smallest absolute Gasteiger partial charge is 0.426 e. The molecule has 11 heteroatoms. The van der Waals surface area contributed by atoms with Gasteiger partial charge in [-0.05, 0) is 105 Å². The minimum absolute atomic E-state index is 0.0318. The molecule has 4 N–H and O–H groups in total. The predicted octanol–water partition coefficient (Wildman–Crippen LogP) is 7.81. The first-order chi connectivity index (χ1) is 22.7. The number of nitrogen functional groups attached to an aromatic ring is 2. The van der Waals surface area contributed by atoms with Crippen LogP contribution >= 0.6 is 0 Å². The first-order valence-electron chi connectivity index (χ1n) is 15.6. The summed E-state index contributed by atoms with van der Waals surface area (Å²) in [6, 6.07) is 18.1. The van der Waals surface area contributed by atoms with Crippen LogP contribution < -0.4 is 20.9 Å². The molecule has 250 valence electrons. The molecule has 3 aromatic rings. The molecule has 3 aromatic carbocycles. The molecule has 0 saturated carbocycles. The number of hydrogen-bond acceptors (Lipinski definition) is 9. The van der Waals surface area contributed by atoms with Crippen molar-refractivity contribution in [1.29, 1.82) is 5.26 Å². The molecule has 0 aliphatic carbocycles. The van der Waals surface area contributed by atoms with E-state index in [1.165, 1.54) is 60.7 Å². The number of halogens is 2. The zero-order valence-corrected chi connectivity index (χ0v) is 26.3. The van der Waals surface area contributed by atoms with Gasteiger partial charge in [-0.2, -0.15) is 14.0 Å². The van der Waals surface area contributed by atoms with Crippen LogP contribution in [0.25, 0.3) is 6.08 Å². The first-order valence-corrected chi connectivity index (χ1v) is 15.6. The van der Waals surface area contributed by atoms with Gasteiger partial charge in [-0.3, -0.25) is 0 Å². The van der Waals surface area contributed by atoms with Crippen molar-refractivity contribution < 1.29 is 37.3 Å². The van der Waals surface area contributed by atoms with Crippen LogP contribution in [0.1, 0.15) is 79.3 Å². The fraction of sp³-hybridized carbons (Fsp3) is 0.361. The van der Waals surface area contributed by atoms with Crippen molar-refractivity contribution in [3.8, 4) is 17.6 Å². The molecule has 0 radical (unpaired) electrons. The van der Waals surface area contributed by atoms with Crippen LogP contribution in [-0.4, -0.2) is 31.8 Å². The van der Waals surface area contributed by atoms with Crippen molar-refractivity contribution in [3.63, 3.8) is 0 Å². The van der Waals surface area contributed by atoms with Crippen molar-refractivity contribution in [2.75, 3.05) is 31.3 Å². The molecule has 0 heterocycles. The second kappa shape index (κ2) is 19.4. The summed E-state index contributed by atoms with van der Waals surface area (Å²) in [5.74, 6) is -0.537. The van der Waals surface area contributed by atoms with Gasteiger partial charge < -0.3 is 30.4 Å². The SMILES string of the molecule is N#CCCCCCCOc1ccc(C(F)(F)Oc2ccc(C=CC(=O)OCCCCCCOC(=O)c3cc(N)cc(N)c3)cc2)cc1. The van der Waals surface area contributed by atoms with Crippen LogP contribution in [0.15, 0.2) is 72.8 Å². The zero-order chi connectivity index (χ0) is 33.9. The molecule has 0 aliphatic rings. The predicted molar refractivity (Wildman–Crippen MR) is 176 cm³/mol. The van der Waals surface area contributed by atoms with Gasteiger partial charge in [-0.1, -0.05) is 25.0 Å². The maximum atomic E-state index is 14.7. The van der Waals surface area contributed by atoms with Crippen LogP contribution in [-0.2, 0) is 20.4 Å². The summed E-state index contributed by atoms with van der Waals surface area (Å²) < 4.78 is 50.5. The fourth-order valence-corrected chi connectivity index (χ4v) is 4.43. The zero-order valence-electron chi connectivity index (χ0n) is 26.3. The number of carbonyl (C=O) groups is 2. The van der Waals surface area contributed by atoms with E-state index in [1.807, 2.05) is 0 Å². The number of hydrogen-bond donors (Lipinski definition) is 2. The highest BCUT2D eigenvalue weighted by atomic mass is 19.3. The second-order valence-electron chi connectivity index (χ2n) is 10.8. The van der Waals surface area contributed by atoms with E-state index in [9.17, 15) is 18.4 Å². The summed E-state index contributed by atoms with van der Waals surface area (Å²) in [5.41, 5.74) is 12.8. The van der Waals surface area contributed by atoms with Crippen molar-refractivity contribution in [3.05, 3.63) is 89.5 Å². The monoisotopic (exact) mass is 649 g/mol. The molecule has 0 aromatic heterocycles. The molecule has 0 spiro atoms. The number of anilines is 2.